The van der Waals surface area contributed by atoms with E-state index in [9.17, 15) is 4.79 Å². The maximum Gasteiger partial charge on any atom is 0.135 e. The van der Waals surface area contributed by atoms with Gasteiger partial charge in [0.05, 0.1) is 18.8 Å². The van der Waals surface area contributed by atoms with E-state index < -0.39 is 0 Å². The molecule has 3 heteroatoms. The molecule has 2 fully saturated rings. The van der Waals surface area contributed by atoms with Gasteiger partial charge in [-0.25, -0.2) is 0 Å². The van der Waals surface area contributed by atoms with Gasteiger partial charge in [0, 0.05) is 19.4 Å². The number of ether oxygens (including phenoxy) is 2. The monoisotopic (exact) mass is 198 g/mol. The van der Waals surface area contributed by atoms with E-state index in [0.717, 1.165) is 19.4 Å². The van der Waals surface area contributed by atoms with Gasteiger partial charge < -0.3 is 9.47 Å². The minimum atomic E-state index is 0.174. The van der Waals surface area contributed by atoms with E-state index in [-0.39, 0.29) is 12.2 Å². The molecule has 0 N–H and O–H groups in total. The number of carbonyl (C=O) groups is 1. The second-order valence-corrected chi connectivity index (χ2v) is 4.23. The summed E-state index contributed by atoms with van der Waals surface area (Å²) in [4.78, 5) is 11.0. The number of hydrogen-bond acceptors (Lipinski definition) is 3. The SMILES string of the molecule is O=C1CCC(OCC2CCCCO2)C1. The van der Waals surface area contributed by atoms with Crippen LogP contribution in [-0.4, -0.2) is 31.2 Å². The molecule has 0 amide bonds. The molecule has 0 aromatic rings. The fourth-order valence-corrected chi connectivity index (χ4v) is 2.10. The molecule has 3 nitrogen and oxygen atoms in total. The van der Waals surface area contributed by atoms with E-state index >= 15 is 0 Å². The third-order valence-electron chi connectivity index (χ3n) is 2.99. The molecule has 2 unspecified atom stereocenters. The molecule has 14 heavy (non-hydrogen) atoms. The highest BCUT2D eigenvalue weighted by Gasteiger charge is 2.24. The number of rotatable bonds is 3. The van der Waals surface area contributed by atoms with Crippen molar-refractivity contribution in [3.63, 3.8) is 0 Å². The molecule has 1 aliphatic heterocycles. The van der Waals surface area contributed by atoms with Gasteiger partial charge in [0.25, 0.3) is 0 Å². The predicted octanol–water partition coefficient (Wildman–Crippen LogP) is 1.69. The van der Waals surface area contributed by atoms with Crippen LogP contribution < -0.4 is 0 Å². The lowest BCUT2D eigenvalue weighted by atomic mass is 10.1. The summed E-state index contributed by atoms with van der Waals surface area (Å²) < 4.78 is 11.2. The van der Waals surface area contributed by atoms with Gasteiger partial charge in [-0.1, -0.05) is 0 Å². The van der Waals surface area contributed by atoms with Gasteiger partial charge in [0.2, 0.25) is 0 Å². The van der Waals surface area contributed by atoms with Crippen LogP contribution >= 0.6 is 0 Å². The predicted molar refractivity (Wildman–Crippen MR) is 52.2 cm³/mol. The van der Waals surface area contributed by atoms with Crippen molar-refractivity contribution in [2.45, 2.75) is 50.7 Å². The van der Waals surface area contributed by atoms with Gasteiger partial charge in [0.1, 0.15) is 5.78 Å². The minimum absolute atomic E-state index is 0.174. The Kier molecular flexibility index (Phi) is 3.54. The number of carbonyl (C=O) groups excluding carboxylic acids is 1. The van der Waals surface area contributed by atoms with E-state index in [2.05, 4.69) is 0 Å². The van der Waals surface area contributed by atoms with Gasteiger partial charge in [-0.05, 0) is 25.7 Å². The fraction of sp³-hybridized carbons (Fsp3) is 0.909. The first-order chi connectivity index (χ1) is 6.84. The zero-order valence-electron chi connectivity index (χ0n) is 8.54. The molecule has 2 aliphatic rings. The Labute approximate surface area is 84.8 Å². The summed E-state index contributed by atoms with van der Waals surface area (Å²) in [5.74, 6) is 0.347. The molecule has 1 aliphatic carbocycles. The molecule has 0 radical (unpaired) electrons. The van der Waals surface area contributed by atoms with Crippen molar-refractivity contribution >= 4 is 5.78 Å². The molecule has 0 spiro atoms. The summed E-state index contributed by atoms with van der Waals surface area (Å²) in [7, 11) is 0. The van der Waals surface area contributed by atoms with Crippen molar-refractivity contribution in [1.82, 2.24) is 0 Å². The highest BCUT2D eigenvalue weighted by atomic mass is 16.5. The lowest BCUT2D eigenvalue weighted by molar-refractivity contribution is -0.118. The van der Waals surface area contributed by atoms with Gasteiger partial charge >= 0.3 is 0 Å². The smallest absolute Gasteiger partial charge is 0.135 e. The maximum atomic E-state index is 11.0. The Bertz CT molecular complexity index is 197. The van der Waals surface area contributed by atoms with Crippen LogP contribution in [-0.2, 0) is 14.3 Å². The molecule has 0 bridgehead atoms. The zero-order chi connectivity index (χ0) is 9.80. The van der Waals surface area contributed by atoms with Crippen molar-refractivity contribution in [2.75, 3.05) is 13.2 Å². The van der Waals surface area contributed by atoms with Crippen LogP contribution in [0.5, 0.6) is 0 Å². The topological polar surface area (TPSA) is 35.5 Å². The van der Waals surface area contributed by atoms with Gasteiger partial charge in [0.15, 0.2) is 0 Å². The molecule has 1 heterocycles. The Morgan fingerprint density at radius 3 is 2.93 bits per heavy atom. The largest absolute Gasteiger partial charge is 0.376 e. The van der Waals surface area contributed by atoms with Crippen LogP contribution in [0.3, 0.4) is 0 Å². The van der Waals surface area contributed by atoms with E-state index in [4.69, 9.17) is 9.47 Å². The van der Waals surface area contributed by atoms with E-state index in [1.807, 2.05) is 0 Å². The third kappa shape index (κ3) is 2.79. The third-order valence-corrected chi connectivity index (χ3v) is 2.99. The molecule has 2 atom stereocenters. The highest BCUT2D eigenvalue weighted by molar-refractivity contribution is 5.81. The standard InChI is InChI=1S/C11H18O3/c12-9-4-5-10(7-9)14-8-11-3-1-2-6-13-11/h10-11H,1-8H2. The number of Topliss-reactive ketones (excluding diaryl/α,β-unsaturated/α-hetero) is 1. The van der Waals surface area contributed by atoms with Crippen LogP contribution in [0.1, 0.15) is 38.5 Å². The Morgan fingerprint density at radius 1 is 1.36 bits per heavy atom. The highest BCUT2D eigenvalue weighted by Crippen LogP contribution is 2.20. The van der Waals surface area contributed by atoms with E-state index in [1.54, 1.807) is 0 Å². The molecule has 1 saturated carbocycles. The average molecular weight is 198 g/mol. The summed E-state index contributed by atoms with van der Waals surface area (Å²) in [6, 6.07) is 0. The van der Waals surface area contributed by atoms with Crippen LogP contribution in [0, 0.1) is 0 Å². The molecular formula is C11H18O3. The second kappa shape index (κ2) is 4.89. The lowest BCUT2D eigenvalue weighted by Gasteiger charge is -2.23. The summed E-state index contributed by atoms with van der Waals surface area (Å²) in [6.45, 7) is 1.55. The summed E-state index contributed by atoms with van der Waals surface area (Å²) >= 11 is 0. The van der Waals surface area contributed by atoms with Crippen molar-refractivity contribution in [3.8, 4) is 0 Å². The summed E-state index contributed by atoms with van der Waals surface area (Å²) in [5, 5.41) is 0. The van der Waals surface area contributed by atoms with Crippen molar-refractivity contribution in [3.05, 3.63) is 0 Å². The average Bonchev–Trinajstić information content (AvgIpc) is 2.63. The van der Waals surface area contributed by atoms with Crippen LogP contribution in [0.25, 0.3) is 0 Å². The lowest BCUT2D eigenvalue weighted by Crippen LogP contribution is -2.26. The number of hydrogen-bond donors (Lipinski definition) is 0. The zero-order valence-corrected chi connectivity index (χ0v) is 8.54. The number of ketones is 1. The van der Waals surface area contributed by atoms with Crippen LogP contribution in [0.4, 0.5) is 0 Å². The van der Waals surface area contributed by atoms with Crippen molar-refractivity contribution < 1.29 is 14.3 Å². The molecule has 1 saturated heterocycles. The normalized spacial score (nSPS) is 33.6. The quantitative estimate of drug-likeness (QED) is 0.692. The summed E-state index contributed by atoms with van der Waals surface area (Å²) in [6.07, 6.45) is 6.22. The molecule has 80 valence electrons. The van der Waals surface area contributed by atoms with Gasteiger partial charge in [-0.3, -0.25) is 4.79 Å². The first-order valence-electron chi connectivity index (χ1n) is 5.59. The molecular weight excluding hydrogens is 180 g/mol. The summed E-state index contributed by atoms with van der Waals surface area (Å²) in [5.41, 5.74) is 0. The Balaban J connectivity index is 1.63. The van der Waals surface area contributed by atoms with Gasteiger partial charge in [-0.15, -0.1) is 0 Å². The van der Waals surface area contributed by atoms with Crippen molar-refractivity contribution in [1.29, 1.82) is 0 Å². The van der Waals surface area contributed by atoms with Crippen LogP contribution in [0.15, 0.2) is 0 Å². The fourth-order valence-electron chi connectivity index (χ4n) is 2.10. The molecule has 0 aromatic heterocycles. The van der Waals surface area contributed by atoms with Crippen molar-refractivity contribution in [2.24, 2.45) is 0 Å². The first kappa shape index (κ1) is 10.1. The maximum absolute atomic E-state index is 11.0. The molecule has 2 rings (SSSR count). The van der Waals surface area contributed by atoms with Crippen LogP contribution in [0.2, 0.25) is 0 Å². The Morgan fingerprint density at radius 2 is 2.29 bits per heavy atom. The first-order valence-corrected chi connectivity index (χ1v) is 5.59. The Hall–Kier alpha value is -0.410. The second-order valence-electron chi connectivity index (χ2n) is 4.23. The molecule has 0 aromatic carbocycles. The minimum Gasteiger partial charge on any atom is -0.376 e. The van der Waals surface area contributed by atoms with Gasteiger partial charge in [-0.2, -0.15) is 0 Å². The van der Waals surface area contributed by atoms with E-state index in [0.29, 0.717) is 25.2 Å². The van der Waals surface area contributed by atoms with E-state index in [1.165, 1.54) is 12.8 Å².